The Bertz CT molecular complexity index is 597. The lowest BCUT2D eigenvalue weighted by atomic mass is 10.2. The Morgan fingerprint density at radius 1 is 1.14 bits per heavy atom. The van der Waals surface area contributed by atoms with Crippen LogP contribution >= 0.6 is 0 Å². The third-order valence-electron chi connectivity index (χ3n) is 3.03. The van der Waals surface area contributed by atoms with Crippen LogP contribution in [0.5, 0.6) is 5.75 Å². The molecule has 0 aliphatic heterocycles. The monoisotopic (exact) mass is 285 g/mol. The number of nitrogens with one attached hydrogen (secondary N) is 2. The molecule has 0 saturated carbocycles. The van der Waals surface area contributed by atoms with Gasteiger partial charge in [-0.2, -0.15) is 0 Å². The molecule has 0 heterocycles. The summed E-state index contributed by atoms with van der Waals surface area (Å²) in [5.41, 5.74) is 5.27. The lowest BCUT2D eigenvalue weighted by Gasteiger charge is -2.12. The summed E-state index contributed by atoms with van der Waals surface area (Å²) in [7, 11) is 0. The zero-order valence-electron chi connectivity index (χ0n) is 11.9. The standard InChI is InChI=1S/C16H19N3O2/c1-12-6-8-14(9-7-12)18-10-13-4-2-3-5-15(13)21-11-16(20)19-17/h2-9,18H,10-11,17H2,1H3,(H,19,20). The number of hydrazine groups is 1. The fraction of sp³-hybridized carbons (Fsp3) is 0.188. The molecule has 5 heteroatoms. The van der Waals surface area contributed by atoms with Crippen molar-refractivity contribution in [2.75, 3.05) is 11.9 Å². The van der Waals surface area contributed by atoms with E-state index in [2.05, 4.69) is 24.4 Å². The van der Waals surface area contributed by atoms with Gasteiger partial charge in [0.1, 0.15) is 5.75 Å². The van der Waals surface area contributed by atoms with Crippen LogP contribution in [0, 0.1) is 6.92 Å². The minimum Gasteiger partial charge on any atom is -0.483 e. The minimum atomic E-state index is -0.365. The number of para-hydroxylation sites is 1. The number of rotatable bonds is 6. The van der Waals surface area contributed by atoms with Gasteiger partial charge in [0, 0.05) is 17.8 Å². The van der Waals surface area contributed by atoms with Crippen LogP contribution in [0.1, 0.15) is 11.1 Å². The van der Waals surface area contributed by atoms with Crippen LogP contribution in [-0.4, -0.2) is 12.5 Å². The van der Waals surface area contributed by atoms with Crippen molar-refractivity contribution in [2.24, 2.45) is 5.84 Å². The summed E-state index contributed by atoms with van der Waals surface area (Å²) >= 11 is 0. The van der Waals surface area contributed by atoms with E-state index in [4.69, 9.17) is 10.6 Å². The molecular weight excluding hydrogens is 266 g/mol. The highest BCUT2D eigenvalue weighted by Gasteiger charge is 2.05. The zero-order valence-corrected chi connectivity index (χ0v) is 11.9. The summed E-state index contributed by atoms with van der Waals surface area (Å²) in [6.07, 6.45) is 0. The van der Waals surface area contributed by atoms with Crippen LogP contribution in [0.4, 0.5) is 5.69 Å². The number of amides is 1. The molecule has 0 saturated heterocycles. The summed E-state index contributed by atoms with van der Waals surface area (Å²) in [5, 5.41) is 3.32. The fourth-order valence-electron chi connectivity index (χ4n) is 1.84. The van der Waals surface area contributed by atoms with Gasteiger partial charge >= 0.3 is 0 Å². The molecule has 0 radical (unpaired) electrons. The quantitative estimate of drug-likeness (QED) is 0.431. The third-order valence-corrected chi connectivity index (χ3v) is 3.03. The molecule has 0 atom stereocenters. The van der Waals surface area contributed by atoms with E-state index in [1.165, 1.54) is 5.56 Å². The van der Waals surface area contributed by atoms with Crippen molar-refractivity contribution >= 4 is 11.6 Å². The third kappa shape index (κ3) is 4.50. The van der Waals surface area contributed by atoms with E-state index >= 15 is 0 Å². The average molecular weight is 285 g/mol. The van der Waals surface area contributed by atoms with E-state index in [-0.39, 0.29) is 12.5 Å². The Balaban J connectivity index is 1.99. The number of hydrogen-bond donors (Lipinski definition) is 3. The predicted molar refractivity (Wildman–Crippen MR) is 82.8 cm³/mol. The lowest BCUT2D eigenvalue weighted by Crippen LogP contribution is -2.34. The van der Waals surface area contributed by atoms with E-state index in [0.717, 1.165) is 11.3 Å². The van der Waals surface area contributed by atoms with Crippen LogP contribution in [0.15, 0.2) is 48.5 Å². The smallest absolute Gasteiger partial charge is 0.271 e. The largest absolute Gasteiger partial charge is 0.483 e. The average Bonchev–Trinajstić information content (AvgIpc) is 2.52. The maximum Gasteiger partial charge on any atom is 0.271 e. The van der Waals surface area contributed by atoms with Crippen LogP contribution in [0.2, 0.25) is 0 Å². The molecule has 110 valence electrons. The number of anilines is 1. The topological polar surface area (TPSA) is 76.4 Å². The van der Waals surface area contributed by atoms with Crippen molar-refractivity contribution in [1.29, 1.82) is 0 Å². The number of carbonyl (C=O) groups excluding carboxylic acids is 1. The Hall–Kier alpha value is -2.53. The molecule has 0 aromatic heterocycles. The van der Waals surface area contributed by atoms with Gasteiger partial charge in [-0.1, -0.05) is 35.9 Å². The molecule has 0 unspecified atom stereocenters. The number of benzene rings is 2. The summed E-state index contributed by atoms with van der Waals surface area (Å²) in [5.74, 6) is 5.33. The van der Waals surface area contributed by atoms with Gasteiger partial charge in [0.05, 0.1) is 0 Å². The van der Waals surface area contributed by atoms with Crippen LogP contribution in [-0.2, 0) is 11.3 Å². The molecule has 0 aliphatic rings. The molecule has 0 aliphatic carbocycles. The highest BCUT2D eigenvalue weighted by atomic mass is 16.5. The second kappa shape index (κ2) is 7.31. The first kappa shape index (κ1) is 14.9. The van der Waals surface area contributed by atoms with E-state index in [9.17, 15) is 4.79 Å². The van der Waals surface area contributed by atoms with E-state index in [1.54, 1.807) is 0 Å². The Kier molecular flexibility index (Phi) is 5.17. The molecule has 4 N–H and O–H groups in total. The molecule has 0 fully saturated rings. The molecule has 2 aromatic carbocycles. The fourth-order valence-corrected chi connectivity index (χ4v) is 1.84. The molecule has 21 heavy (non-hydrogen) atoms. The zero-order chi connectivity index (χ0) is 15.1. The second-order valence-corrected chi connectivity index (χ2v) is 4.68. The van der Waals surface area contributed by atoms with Gasteiger partial charge in [0.15, 0.2) is 6.61 Å². The summed E-state index contributed by atoms with van der Waals surface area (Å²) < 4.78 is 5.47. The highest BCUT2D eigenvalue weighted by Crippen LogP contribution is 2.19. The summed E-state index contributed by atoms with van der Waals surface area (Å²) in [6.45, 7) is 2.57. The lowest BCUT2D eigenvalue weighted by molar-refractivity contribution is -0.123. The normalized spacial score (nSPS) is 10.0. The molecule has 2 aromatic rings. The van der Waals surface area contributed by atoms with Crippen molar-refractivity contribution in [1.82, 2.24) is 5.43 Å². The first-order valence-corrected chi connectivity index (χ1v) is 6.69. The highest BCUT2D eigenvalue weighted by molar-refractivity contribution is 5.76. The Morgan fingerprint density at radius 3 is 2.57 bits per heavy atom. The van der Waals surface area contributed by atoms with Gasteiger partial charge in [-0.3, -0.25) is 10.2 Å². The molecule has 0 bridgehead atoms. The Morgan fingerprint density at radius 2 is 1.86 bits per heavy atom. The van der Waals surface area contributed by atoms with Gasteiger partial charge < -0.3 is 10.1 Å². The molecule has 0 spiro atoms. The van der Waals surface area contributed by atoms with Crippen molar-refractivity contribution in [3.05, 3.63) is 59.7 Å². The molecule has 2 rings (SSSR count). The van der Waals surface area contributed by atoms with Crippen molar-refractivity contribution in [2.45, 2.75) is 13.5 Å². The minimum absolute atomic E-state index is 0.0992. The van der Waals surface area contributed by atoms with Gasteiger partial charge in [0.2, 0.25) is 0 Å². The van der Waals surface area contributed by atoms with Crippen LogP contribution < -0.4 is 21.3 Å². The number of nitrogens with two attached hydrogens (primary N) is 1. The maximum atomic E-state index is 11.1. The van der Waals surface area contributed by atoms with Gasteiger partial charge in [-0.05, 0) is 25.1 Å². The molecular formula is C16H19N3O2. The van der Waals surface area contributed by atoms with E-state index < -0.39 is 0 Å². The predicted octanol–water partition coefficient (Wildman–Crippen LogP) is 1.98. The van der Waals surface area contributed by atoms with Crippen molar-refractivity contribution in [3.63, 3.8) is 0 Å². The van der Waals surface area contributed by atoms with Crippen LogP contribution in [0.25, 0.3) is 0 Å². The molecule has 1 amide bonds. The SMILES string of the molecule is Cc1ccc(NCc2ccccc2OCC(=O)NN)cc1. The summed E-state index contributed by atoms with van der Waals surface area (Å²) in [4.78, 5) is 11.1. The van der Waals surface area contributed by atoms with Crippen molar-refractivity contribution in [3.8, 4) is 5.75 Å². The second-order valence-electron chi connectivity index (χ2n) is 4.68. The van der Waals surface area contributed by atoms with E-state index in [0.29, 0.717) is 12.3 Å². The van der Waals surface area contributed by atoms with E-state index in [1.807, 2.05) is 41.8 Å². The number of ether oxygens (including phenoxy) is 1. The first-order valence-electron chi connectivity index (χ1n) is 6.69. The first-order chi connectivity index (χ1) is 10.2. The van der Waals surface area contributed by atoms with Gasteiger partial charge in [0.25, 0.3) is 5.91 Å². The molecule has 5 nitrogen and oxygen atoms in total. The summed E-state index contributed by atoms with van der Waals surface area (Å²) in [6, 6.07) is 15.7. The maximum absolute atomic E-state index is 11.1. The van der Waals surface area contributed by atoms with Crippen molar-refractivity contribution < 1.29 is 9.53 Å². The van der Waals surface area contributed by atoms with Crippen LogP contribution in [0.3, 0.4) is 0 Å². The van der Waals surface area contributed by atoms with Gasteiger partial charge in [-0.15, -0.1) is 0 Å². The number of hydrogen-bond acceptors (Lipinski definition) is 4. The number of aryl methyl sites for hydroxylation is 1. The number of carbonyl (C=O) groups is 1. The Labute approximate surface area is 124 Å². The van der Waals surface area contributed by atoms with Gasteiger partial charge in [-0.25, -0.2) is 5.84 Å².